The molecule has 1 atom stereocenters. The normalized spacial score (nSPS) is 32.0. The van der Waals surface area contributed by atoms with Gasteiger partial charge in [-0.05, 0) is 12.0 Å². The van der Waals surface area contributed by atoms with Crippen LogP contribution in [-0.2, 0) is 4.74 Å². The summed E-state index contributed by atoms with van der Waals surface area (Å²) >= 11 is 0. The van der Waals surface area contributed by atoms with Gasteiger partial charge in [0.1, 0.15) is 0 Å². The summed E-state index contributed by atoms with van der Waals surface area (Å²) in [6, 6.07) is 0. The summed E-state index contributed by atoms with van der Waals surface area (Å²) in [6.45, 7) is 1.78. The topological polar surface area (TPSA) is 9.23 Å². The second kappa shape index (κ2) is 1.99. The average molecular weight is 122 g/mol. The maximum Gasteiger partial charge on any atom is 0.0683 e. The molecule has 1 aliphatic carbocycles. The zero-order valence-corrected chi connectivity index (χ0v) is 5.34. The lowest BCUT2D eigenvalue weighted by Crippen LogP contribution is -1.99. The van der Waals surface area contributed by atoms with Gasteiger partial charge in [-0.2, -0.15) is 0 Å². The van der Waals surface area contributed by atoms with E-state index in [0.29, 0.717) is 5.92 Å². The van der Waals surface area contributed by atoms with Crippen molar-refractivity contribution in [2.75, 3.05) is 13.2 Å². The molecule has 2 aliphatic rings. The number of hydrogen-bond acceptors (Lipinski definition) is 1. The van der Waals surface area contributed by atoms with E-state index in [1.807, 2.05) is 0 Å². The number of hydrogen-bond donors (Lipinski definition) is 0. The Morgan fingerprint density at radius 2 is 2.56 bits per heavy atom. The molecule has 0 bridgehead atoms. The van der Waals surface area contributed by atoms with Crippen LogP contribution in [0, 0.1) is 5.92 Å². The van der Waals surface area contributed by atoms with Crippen LogP contribution in [0.3, 0.4) is 0 Å². The van der Waals surface area contributed by atoms with E-state index in [1.54, 1.807) is 0 Å². The van der Waals surface area contributed by atoms with Crippen molar-refractivity contribution in [3.8, 4) is 0 Å². The highest BCUT2D eigenvalue weighted by molar-refractivity contribution is 5.22. The Hall–Kier alpha value is -0.560. The van der Waals surface area contributed by atoms with E-state index in [1.165, 1.54) is 5.57 Å². The van der Waals surface area contributed by atoms with Gasteiger partial charge in [-0.1, -0.05) is 18.2 Å². The van der Waals surface area contributed by atoms with Crippen molar-refractivity contribution in [1.82, 2.24) is 0 Å². The van der Waals surface area contributed by atoms with Crippen molar-refractivity contribution in [3.63, 3.8) is 0 Å². The van der Waals surface area contributed by atoms with Gasteiger partial charge >= 0.3 is 0 Å². The van der Waals surface area contributed by atoms with Crippen LogP contribution in [0.2, 0.25) is 0 Å². The number of fused-ring (bicyclic) bond motifs is 1. The van der Waals surface area contributed by atoms with Crippen LogP contribution in [0.1, 0.15) is 6.42 Å². The third-order valence-electron chi connectivity index (χ3n) is 1.93. The first-order chi connectivity index (χ1) is 4.47. The summed E-state index contributed by atoms with van der Waals surface area (Å²) in [5, 5.41) is 0. The molecule has 48 valence electrons. The van der Waals surface area contributed by atoms with Gasteiger partial charge in [-0.25, -0.2) is 0 Å². The zero-order chi connectivity index (χ0) is 6.10. The van der Waals surface area contributed by atoms with Gasteiger partial charge in [-0.15, -0.1) is 0 Å². The van der Waals surface area contributed by atoms with E-state index in [0.717, 1.165) is 19.6 Å². The minimum absolute atomic E-state index is 0.624. The van der Waals surface area contributed by atoms with Gasteiger partial charge in [0.2, 0.25) is 0 Å². The largest absolute Gasteiger partial charge is 0.376 e. The molecule has 0 radical (unpaired) electrons. The third-order valence-corrected chi connectivity index (χ3v) is 1.93. The molecule has 1 saturated heterocycles. The molecule has 0 spiro atoms. The van der Waals surface area contributed by atoms with E-state index < -0.39 is 0 Å². The number of ether oxygens (including phenoxy) is 1. The highest BCUT2D eigenvalue weighted by atomic mass is 16.5. The standard InChI is InChI=1S/C8H10O/c1-2-4-8-6-9-5-7(8)3-1/h1,3-4,7H,2,5-6H2. The van der Waals surface area contributed by atoms with E-state index in [9.17, 15) is 0 Å². The van der Waals surface area contributed by atoms with Crippen LogP contribution >= 0.6 is 0 Å². The summed E-state index contributed by atoms with van der Waals surface area (Å²) in [5.74, 6) is 0.624. The van der Waals surface area contributed by atoms with Crippen LogP contribution in [-0.4, -0.2) is 13.2 Å². The highest BCUT2D eigenvalue weighted by Gasteiger charge is 2.19. The van der Waals surface area contributed by atoms with Crippen molar-refractivity contribution in [1.29, 1.82) is 0 Å². The molecule has 1 heteroatoms. The number of rotatable bonds is 0. The fraction of sp³-hybridized carbons (Fsp3) is 0.500. The Morgan fingerprint density at radius 1 is 1.56 bits per heavy atom. The highest BCUT2D eigenvalue weighted by Crippen LogP contribution is 2.24. The Labute approximate surface area is 55.0 Å². The summed E-state index contributed by atoms with van der Waals surface area (Å²) in [7, 11) is 0. The molecule has 1 aliphatic heterocycles. The molecule has 2 rings (SSSR count). The molecule has 9 heavy (non-hydrogen) atoms. The predicted octanol–water partition coefficient (Wildman–Crippen LogP) is 1.52. The van der Waals surface area contributed by atoms with Gasteiger partial charge in [-0.3, -0.25) is 0 Å². The molecule has 0 aromatic rings. The SMILES string of the molecule is C1=CC2COCC2=CC1. The lowest BCUT2D eigenvalue weighted by molar-refractivity contribution is 0.195. The molecule has 1 heterocycles. The van der Waals surface area contributed by atoms with Crippen molar-refractivity contribution in [3.05, 3.63) is 23.8 Å². The fourth-order valence-corrected chi connectivity index (χ4v) is 1.37. The molecule has 1 unspecified atom stereocenters. The van der Waals surface area contributed by atoms with Gasteiger partial charge < -0.3 is 4.74 Å². The van der Waals surface area contributed by atoms with Crippen molar-refractivity contribution >= 4 is 0 Å². The average Bonchev–Trinajstić information content (AvgIpc) is 2.33. The van der Waals surface area contributed by atoms with E-state index in [4.69, 9.17) is 4.74 Å². The first kappa shape index (κ1) is 5.24. The molecule has 1 nitrogen and oxygen atoms in total. The molecule has 0 N–H and O–H groups in total. The minimum Gasteiger partial charge on any atom is -0.376 e. The minimum atomic E-state index is 0.624. The summed E-state index contributed by atoms with van der Waals surface area (Å²) in [6.07, 6.45) is 7.85. The maximum atomic E-state index is 5.27. The second-order valence-corrected chi connectivity index (χ2v) is 2.56. The lowest BCUT2D eigenvalue weighted by Gasteiger charge is -2.06. The van der Waals surface area contributed by atoms with Crippen molar-refractivity contribution in [2.45, 2.75) is 6.42 Å². The molecular weight excluding hydrogens is 112 g/mol. The van der Waals surface area contributed by atoms with E-state index in [-0.39, 0.29) is 0 Å². The smallest absolute Gasteiger partial charge is 0.0683 e. The molecular formula is C8H10O. The molecule has 0 aromatic carbocycles. The first-order valence-corrected chi connectivity index (χ1v) is 3.40. The monoisotopic (exact) mass is 122 g/mol. The summed E-state index contributed by atoms with van der Waals surface area (Å²) < 4.78 is 5.27. The number of allylic oxidation sites excluding steroid dienone is 2. The van der Waals surface area contributed by atoms with Gasteiger partial charge in [0.05, 0.1) is 13.2 Å². The van der Waals surface area contributed by atoms with E-state index in [2.05, 4.69) is 18.2 Å². The van der Waals surface area contributed by atoms with Crippen LogP contribution in [0.15, 0.2) is 23.8 Å². The third kappa shape index (κ3) is 0.815. The lowest BCUT2D eigenvalue weighted by atomic mass is 9.97. The van der Waals surface area contributed by atoms with Gasteiger partial charge in [0, 0.05) is 5.92 Å². The van der Waals surface area contributed by atoms with Crippen LogP contribution in [0.25, 0.3) is 0 Å². The van der Waals surface area contributed by atoms with Crippen LogP contribution in [0.5, 0.6) is 0 Å². The van der Waals surface area contributed by atoms with Crippen LogP contribution < -0.4 is 0 Å². The van der Waals surface area contributed by atoms with Crippen molar-refractivity contribution in [2.24, 2.45) is 5.92 Å². The Kier molecular flexibility index (Phi) is 1.16. The summed E-state index contributed by atoms with van der Waals surface area (Å²) in [5.41, 5.74) is 1.48. The Bertz CT molecular complexity index is 167. The van der Waals surface area contributed by atoms with Gasteiger partial charge in [0.25, 0.3) is 0 Å². The maximum absolute atomic E-state index is 5.27. The second-order valence-electron chi connectivity index (χ2n) is 2.56. The molecule has 1 fully saturated rings. The van der Waals surface area contributed by atoms with Crippen molar-refractivity contribution < 1.29 is 4.74 Å². The Balaban J connectivity index is 2.22. The predicted molar refractivity (Wildman–Crippen MR) is 36.1 cm³/mol. The molecule has 0 saturated carbocycles. The Morgan fingerprint density at radius 3 is 3.44 bits per heavy atom. The quantitative estimate of drug-likeness (QED) is 0.442. The molecule has 0 aromatic heterocycles. The van der Waals surface area contributed by atoms with E-state index >= 15 is 0 Å². The zero-order valence-electron chi connectivity index (χ0n) is 5.34. The van der Waals surface area contributed by atoms with Gasteiger partial charge in [0.15, 0.2) is 0 Å². The summed E-state index contributed by atoms with van der Waals surface area (Å²) in [4.78, 5) is 0. The fourth-order valence-electron chi connectivity index (χ4n) is 1.37. The first-order valence-electron chi connectivity index (χ1n) is 3.40. The molecule has 0 amide bonds. The van der Waals surface area contributed by atoms with Crippen LogP contribution in [0.4, 0.5) is 0 Å².